The number of rotatable bonds is 0. The average Bonchev–Trinajstić information content (AvgIpc) is 2.33. The fraction of sp³-hybridized carbons (Fsp3) is 0.625. The van der Waals surface area contributed by atoms with Crippen molar-refractivity contribution in [1.82, 2.24) is 0 Å². The largest absolute Gasteiger partial charge is 0.472 e. The maximum absolute atomic E-state index is 10.0. The Kier molecular flexibility index (Phi) is 2.16. The highest BCUT2D eigenvalue weighted by molar-refractivity contribution is 5.86. The van der Waals surface area contributed by atoms with E-state index in [1.165, 1.54) is 0 Å². The summed E-state index contributed by atoms with van der Waals surface area (Å²) in [7, 11) is 0. The first-order valence-corrected chi connectivity index (χ1v) is 3.61. The van der Waals surface area contributed by atoms with Crippen molar-refractivity contribution in [2.75, 3.05) is 0 Å². The summed E-state index contributed by atoms with van der Waals surface area (Å²) < 4.78 is 0. The van der Waals surface area contributed by atoms with Crippen LogP contribution in [0, 0.1) is 11.8 Å². The average molecular weight is 154 g/mol. The van der Waals surface area contributed by atoms with E-state index in [2.05, 4.69) is 5.92 Å². The van der Waals surface area contributed by atoms with Crippen LogP contribution in [0.1, 0.15) is 25.7 Å². The summed E-state index contributed by atoms with van der Waals surface area (Å²) in [6.45, 7) is 0. The molecule has 0 unspecified atom stereocenters. The van der Waals surface area contributed by atoms with Crippen molar-refractivity contribution in [1.29, 1.82) is 0 Å². The van der Waals surface area contributed by atoms with Gasteiger partial charge in [-0.15, -0.1) is 0 Å². The lowest BCUT2D eigenvalue weighted by molar-refractivity contribution is -0.130. The highest BCUT2D eigenvalue weighted by Gasteiger charge is 2.28. The van der Waals surface area contributed by atoms with Crippen molar-refractivity contribution in [3.05, 3.63) is 0 Å². The molecule has 0 aromatic heterocycles. The molecule has 60 valence electrons. The van der Waals surface area contributed by atoms with E-state index in [0.717, 1.165) is 12.8 Å². The standard InChI is InChI=1S/C8H10O3/c9-7(10)3-6-8(11)4-1-2-5-8/h11H,1-2,4-5H2,(H,9,10). The van der Waals surface area contributed by atoms with Crippen molar-refractivity contribution in [3.8, 4) is 11.8 Å². The third-order valence-corrected chi connectivity index (χ3v) is 1.83. The zero-order chi connectivity index (χ0) is 8.32. The first-order valence-electron chi connectivity index (χ1n) is 3.61. The molecular formula is C8H10O3. The number of hydrogen-bond donors (Lipinski definition) is 2. The minimum Gasteiger partial charge on any atom is -0.472 e. The van der Waals surface area contributed by atoms with Gasteiger partial charge in [0.05, 0.1) is 0 Å². The number of hydrogen-bond acceptors (Lipinski definition) is 2. The fourth-order valence-electron chi connectivity index (χ4n) is 1.25. The maximum Gasteiger partial charge on any atom is 0.382 e. The lowest BCUT2D eigenvalue weighted by atomic mass is 10.0. The van der Waals surface area contributed by atoms with E-state index in [1.54, 1.807) is 0 Å². The molecule has 0 bridgehead atoms. The van der Waals surface area contributed by atoms with Crippen LogP contribution < -0.4 is 0 Å². The van der Waals surface area contributed by atoms with Gasteiger partial charge in [-0.25, -0.2) is 4.79 Å². The Hall–Kier alpha value is -1.01. The first-order chi connectivity index (χ1) is 5.12. The Morgan fingerprint density at radius 3 is 2.36 bits per heavy atom. The molecule has 3 heteroatoms. The van der Waals surface area contributed by atoms with Crippen LogP contribution in [0.25, 0.3) is 0 Å². The van der Waals surface area contributed by atoms with Crippen LogP contribution in [0.5, 0.6) is 0 Å². The molecule has 0 aromatic rings. The monoisotopic (exact) mass is 154 g/mol. The van der Waals surface area contributed by atoms with Crippen LogP contribution in [0.3, 0.4) is 0 Å². The number of carboxylic acids is 1. The van der Waals surface area contributed by atoms with E-state index < -0.39 is 11.6 Å². The lowest BCUT2D eigenvalue weighted by Crippen LogP contribution is -2.21. The van der Waals surface area contributed by atoms with Crippen LogP contribution in [-0.4, -0.2) is 21.8 Å². The predicted molar refractivity (Wildman–Crippen MR) is 38.8 cm³/mol. The normalized spacial score (nSPS) is 20.5. The third-order valence-electron chi connectivity index (χ3n) is 1.83. The van der Waals surface area contributed by atoms with Crippen molar-refractivity contribution in [3.63, 3.8) is 0 Å². The van der Waals surface area contributed by atoms with Gasteiger partial charge in [-0.3, -0.25) is 0 Å². The lowest BCUT2D eigenvalue weighted by Gasteiger charge is -2.12. The van der Waals surface area contributed by atoms with Gasteiger partial charge in [0.15, 0.2) is 0 Å². The Bertz CT molecular complexity index is 215. The minimum atomic E-state index is -1.18. The van der Waals surface area contributed by atoms with Gasteiger partial charge in [-0.1, -0.05) is 5.92 Å². The van der Waals surface area contributed by atoms with Crippen molar-refractivity contribution < 1.29 is 15.0 Å². The predicted octanol–water partition coefficient (Wildman–Crippen LogP) is 0.380. The van der Waals surface area contributed by atoms with E-state index in [9.17, 15) is 9.90 Å². The van der Waals surface area contributed by atoms with Gasteiger partial charge >= 0.3 is 5.97 Å². The molecule has 0 heterocycles. The van der Waals surface area contributed by atoms with E-state index in [4.69, 9.17) is 5.11 Å². The van der Waals surface area contributed by atoms with Gasteiger partial charge in [0, 0.05) is 5.92 Å². The maximum atomic E-state index is 10.0. The molecule has 1 aliphatic rings. The van der Waals surface area contributed by atoms with Gasteiger partial charge in [-0.05, 0) is 25.7 Å². The van der Waals surface area contributed by atoms with Crippen LogP contribution in [0.2, 0.25) is 0 Å². The molecule has 0 amide bonds. The summed E-state index contributed by atoms with van der Waals surface area (Å²) in [4.78, 5) is 10.0. The highest BCUT2D eigenvalue weighted by atomic mass is 16.4. The third kappa shape index (κ3) is 2.24. The summed E-state index contributed by atoms with van der Waals surface area (Å²) >= 11 is 0. The summed E-state index contributed by atoms with van der Waals surface area (Å²) in [6.07, 6.45) is 3.08. The number of aliphatic carboxylic acids is 1. The second-order valence-corrected chi connectivity index (χ2v) is 2.79. The molecule has 1 aliphatic carbocycles. The summed E-state index contributed by atoms with van der Waals surface area (Å²) in [6, 6.07) is 0. The van der Waals surface area contributed by atoms with E-state index in [0.29, 0.717) is 12.8 Å². The Morgan fingerprint density at radius 2 is 1.91 bits per heavy atom. The molecule has 0 radical (unpaired) electrons. The minimum absolute atomic E-state index is 0.604. The molecule has 0 atom stereocenters. The first kappa shape index (κ1) is 8.09. The zero-order valence-electron chi connectivity index (χ0n) is 6.13. The van der Waals surface area contributed by atoms with E-state index >= 15 is 0 Å². The van der Waals surface area contributed by atoms with Crippen molar-refractivity contribution in [2.24, 2.45) is 0 Å². The molecule has 3 nitrogen and oxygen atoms in total. The smallest absolute Gasteiger partial charge is 0.382 e. The van der Waals surface area contributed by atoms with Gasteiger partial charge in [0.25, 0.3) is 0 Å². The molecule has 0 saturated heterocycles. The summed E-state index contributed by atoms with van der Waals surface area (Å²) in [5.41, 5.74) is -1.02. The molecule has 0 spiro atoms. The topological polar surface area (TPSA) is 57.5 Å². The molecule has 1 rings (SSSR count). The van der Waals surface area contributed by atoms with Gasteiger partial charge in [0.1, 0.15) is 5.60 Å². The quantitative estimate of drug-likeness (QED) is 0.496. The number of carboxylic acid groups (broad SMARTS) is 1. The van der Waals surface area contributed by atoms with Gasteiger partial charge < -0.3 is 10.2 Å². The van der Waals surface area contributed by atoms with E-state index in [1.807, 2.05) is 5.92 Å². The van der Waals surface area contributed by atoms with Gasteiger partial charge in [-0.2, -0.15) is 0 Å². The Labute approximate surface area is 65.0 Å². The molecule has 2 N–H and O–H groups in total. The number of carbonyl (C=O) groups is 1. The van der Waals surface area contributed by atoms with Gasteiger partial charge in [0.2, 0.25) is 0 Å². The highest BCUT2D eigenvalue weighted by Crippen LogP contribution is 2.28. The molecule has 1 fully saturated rings. The van der Waals surface area contributed by atoms with Crippen molar-refractivity contribution in [2.45, 2.75) is 31.3 Å². The number of aliphatic hydroxyl groups is 1. The summed E-state index contributed by atoms with van der Waals surface area (Å²) in [5, 5.41) is 17.7. The van der Waals surface area contributed by atoms with Crippen LogP contribution >= 0.6 is 0 Å². The Morgan fingerprint density at radius 1 is 1.36 bits per heavy atom. The van der Waals surface area contributed by atoms with Crippen LogP contribution in [-0.2, 0) is 4.79 Å². The zero-order valence-corrected chi connectivity index (χ0v) is 6.13. The van der Waals surface area contributed by atoms with Crippen LogP contribution in [0.15, 0.2) is 0 Å². The van der Waals surface area contributed by atoms with Crippen molar-refractivity contribution >= 4 is 5.97 Å². The molecule has 11 heavy (non-hydrogen) atoms. The Balaban J connectivity index is 2.61. The fourth-order valence-corrected chi connectivity index (χ4v) is 1.25. The van der Waals surface area contributed by atoms with E-state index in [-0.39, 0.29) is 0 Å². The van der Waals surface area contributed by atoms with Crippen LogP contribution in [0.4, 0.5) is 0 Å². The second kappa shape index (κ2) is 2.93. The molecule has 0 aromatic carbocycles. The molecule has 1 saturated carbocycles. The summed E-state index contributed by atoms with van der Waals surface area (Å²) in [5.74, 6) is 3.13. The second-order valence-electron chi connectivity index (χ2n) is 2.79. The molecular weight excluding hydrogens is 144 g/mol. The SMILES string of the molecule is O=C(O)C#CC1(O)CCCC1. The molecule has 0 aliphatic heterocycles.